The van der Waals surface area contributed by atoms with Crippen LogP contribution in [-0.2, 0) is 25.5 Å². The average molecular weight is 488 g/mol. The Hall–Kier alpha value is -3.28. The third-order valence-corrected chi connectivity index (χ3v) is 5.27. The Kier molecular flexibility index (Phi) is 7.39. The van der Waals surface area contributed by atoms with Crippen molar-refractivity contribution in [2.45, 2.75) is 45.4 Å². The maximum Gasteiger partial charge on any atom is 0.416 e. The molecule has 0 aliphatic carbocycles. The van der Waals surface area contributed by atoms with Crippen LogP contribution >= 0.6 is 0 Å². The van der Waals surface area contributed by atoms with E-state index in [4.69, 9.17) is 4.74 Å². The van der Waals surface area contributed by atoms with Gasteiger partial charge in [-0.15, -0.1) is 0 Å². The first-order valence-electron chi connectivity index (χ1n) is 10.3. The van der Waals surface area contributed by atoms with Crippen LogP contribution in [0.1, 0.15) is 48.0 Å². The second-order valence-electron chi connectivity index (χ2n) is 7.60. The quantitative estimate of drug-likeness (QED) is 0.422. The summed E-state index contributed by atoms with van der Waals surface area (Å²) in [6.45, 7) is 4.13. The Labute approximate surface area is 190 Å². The highest BCUT2D eigenvalue weighted by molar-refractivity contribution is 5.37. The molecule has 0 radical (unpaired) electrons. The van der Waals surface area contributed by atoms with Crippen molar-refractivity contribution >= 4 is 0 Å². The molecule has 0 saturated heterocycles. The lowest BCUT2D eigenvalue weighted by atomic mass is 10.0. The number of nitrogens with one attached hydrogen (secondary N) is 2. The third-order valence-electron chi connectivity index (χ3n) is 5.27. The van der Waals surface area contributed by atoms with Crippen LogP contribution in [0.2, 0.25) is 0 Å². The van der Waals surface area contributed by atoms with Gasteiger partial charge in [-0.05, 0) is 43.3 Å². The van der Waals surface area contributed by atoms with E-state index in [1.165, 1.54) is 0 Å². The molecular weight excluding hydrogens is 466 g/mol. The van der Waals surface area contributed by atoms with Crippen LogP contribution in [-0.4, -0.2) is 26.6 Å². The van der Waals surface area contributed by atoms with Crippen LogP contribution in [0.15, 0.2) is 47.3 Å². The average Bonchev–Trinajstić information content (AvgIpc) is 3.19. The number of para-hydroxylation sites is 1. The number of aromatic nitrogens is 3. The molecule has 3 rings (SSSR count). The Bertz CT molecular complexity index is 1140. The van der Waals surface area contributed by atoms with E-state index < -0.39 is 35.8 Å². The van der Waals surface area contributed by atoms with E-state index in [2.05, 4.69) is 15.2 Å². The van der Waals surface area contributed by atoms with E-state index in [0.29, 0.717) is 42.4 Å². The highest BCUT2D eigenvalue weighted by Gasteiger charge is 2.37. The zero-order valence-corrected chi connectivity index (χ0v) is 18.2. The molecule has 1 atom stereocenters. The van der Waals surface area contributed by atoms with Gasteiger partial charge in [-0.25, -0.2) is 9.89 Å². The van der Waals surface area contributed by atoms with Gasteiger partial charge in [-0.3, -0.25) is 9.88 Å². The van der Waals surface area contributed by atoms with Crippen molar-refractivity contribution in [2.75, 3.05) is 6.54 Å². The van der Waals surface area contributed by atoms with Crippen LogP contribution in [0.4, 0.5) is 26.3 Å². The van der Waals surface area contributed by atoms with E-state index in [0.717, 1.165) is 0 Å². The lowest BCUT2D eigenvalue weighted by Crippen LogP contribution is -2.27. The van der Waals surface area contributed by atoms with Gasteiger partial charge in [-0.1, -0.05) is 25.1 Å². The lowest BCUT2D eigenvalue weighted by Gasteiger charge is -2.28. The number of H-pyrrole nitrogens is 2. The van der Waals surface area contributed by atoms with Gasteiger partial charge >= 0.3 is 18.0 Å². The van der Waals surface area contributed by atoms with Crippen molar-refractivity contribution in [2.24, 2.45) is 0 Å². The standard InChI is InChI=1S/C22H22F6N4O2/c1-3-32(11-19-29-20(33)31-30-19)13(2)17-6-4-5-7-18(17)34-12-14-8-15(21(23,24)25)10-16(9-14)22(26,27)28/h4-10,13H,3,11-12H2,1-2H3,(H2,29,30,31,33). The summed E-state index contributed by atoms with van der Waals surface area (Å²) in [7, 11) is 0. The molecule has 34 heavy (non-hydrogen) atoms. The number of rotatable bonds is 8. The predicted molar refractivity (Wildman–Crippen MR) is 111 cm³/mol. The van der Waals surface area contributed by atoms with Gasteiger partial charge in [0.05, 0.1) is 17.7 Å². The predicted octanol–water partition coefficient (Wildman–Crippen LogP) is 5.30. The first-order chi connectivity index (χ1) is 15.9. The van der Waals surface area contributed by atoms with E-state index in [1.54, 1.807) is 24.3 Å². The highest BCUT2D eigenvalue weighted by Crippen LogP contribution is 2.37. The number of benzene rings is 2. The van der Waals surface area contributed by atoms with Crippen LogP contribution < -0.4 is 10.4 Å². The third kappa shape index (κ3) is 6.19. The van der Waals surface area contributed by atoms with Crippen LogP contribution in [0.5, 0.6) is 5.75 Å². The molecule has 2 aromatic carbocycles. The molecule has 0 amide bonds. The monoisotopic (exact) mass is 488 g/mol. The molecular formula is C22H22F6N4O2. The van der Waals surface area contributed by atoms with Crippen molar-refractivity contribution in [3.63, 3.8) is 0 Å². The number of nitrogens with zero attached hydrogens (tertiary/aromatic N) is 2. The second kappa shape index (κ2) is 9.92. The second-order valence-corrected chi connectivity index (χ2v) is 7.60. The first-order valence-corrected chi connectivity index (χ1v) is 10.3. The summed E-state index contributed by atoms with van der Waals surface area (Å²) in [6, 6.07) is 7.85. The summed E-state index contributed by atoms with van der Waals surface area (Å²) < 4.78 is 84.5. The fourth-order valence-electron chi connectivity index (χ4n) is 3.51. The summed E-state index contributed by atoms with van der Waals surface area (Å²) in [5.41, 5.74) is -2.82. The molecule has 184 valence electrons. The summed E-state index contributed by atoms with van der Waals surface area (Å²) in [4.78, 5) is 15.8. The Morgan fingerprint density at radius 3 is 2.18 bits per heavy atom. The molecule has 0 spiro atoms. The number of hydrogen-bond donors (Lipinski definition) is 2. The summed E-state index contributed by atoms with van der Waals surface area (Å²) in [6.07, 6.45) is -9.87. The Morgan fingerprint density at radius 1 is 1.03 bits per heavy atom. The zero-order valence-electron chi connectivity index (χ0n) is 18.2. The molecule has 1 heterocycles. The van der Waals surface area contributed by atoms with Gasteiger partial charge < -0.3 is 4.74 Å². The first kappa shape index (κ1) is 25.3. The number of ether oxygens (including phenoxy) is 1. The van der Waals surface area contributed by atoms with Gasteiger partial charge in [0.2, 0.25) is 0 Å². The number of alkyl halides is 6. The maximum absolute atomic E-state index is 13.1. The van der Waals surface area contributed by atoms with Crippen LogP contribution in [0.3, 0.4) is 0 Å². The fraction of sp³-hybridized carbons (Fsp3) is 0.364. The molecule has 0 bridgehead atoms. The number of aromatic amines is 2. The van der Waals surface area contributed by atoms with Crippen molar-refractivity contribution in [1.29, 1.82) is 0 Å². The van der Waals surface area contributed by atoms with Crippen molar-refractivity contribution in [1.82, 2.24) is 20.1 Å². The van der Waals surface area contributed by atoms with E-state index >= 15 is 0 Å². The van der Waals surface area contributed by atoms with Gasteiger partial charge in [0.1, 0.15) is 18.2 Å². The largest absolute Gasteiger partial charge is 0.489 e. The molecule has 1 unspecified atom stereocenters. The molecule has 3 aromatic rings. The smallest absolute Gasteiger partial charge is 0.416 e. The van der Waals surface area contributed by atoms with Gasteiger partial charge in [0.15, 0.2) is 0 Å². The Morgan fingerprint density at radius 2 is 1.65 bits per heavy atom. The SMILES string of the molecule is CCN(Cc1n[nH]c(=O)[nH]1)C(C)c1ccccc1OCc1cc(C(F)(F)F)cc(C(F)(F)F)c1. The van der Waals surface area contributed by atoms with E-state index in [1.807, 2.05) is 18.7 Å². The van der Waals surface area contributed by atoms with Gasteiger partial charge in [0, 0.05) is 11.6 Å². The molecule has 0 saturated carbocycles. The number of hydrogen-bond acceptors (Lipinski definition) is 4. The molecule has 0 fully saturated rings. The zero-order chi connectivity index (χ0) is 25.1. The van der Waals surface area contributed by atoms with Gasteiger partial charge in [-0.2, -0.15) is 31.4 Å². The summed E-state index contributed by atoms with van der Waals surface area (Å²) in [5.74, 6) is 0.732. The summed E-state index contributed by atoms with van der Waals surface area (Å²) in [5, 5.41) is 6.17. The molecule has 0 aliphatic rings. The van der Waals surface area contributed by atoms with Crippen LogP contribution in [0.25, 0.3) is 0 Å². The summed E-state index contributed by atoms with van der Waals surface area (Å²) >= 11 is 0. The topological polar surface area (TPSA) is 74.0 Å². The minimum absolute atomic E-state index is 0.0814. The van der Waals surface area contributed by atoms with Crippen molar-refractivity contribution in [3.8, 4) is 5.75 Å². The molecule has 2 N–H and O–H groups in total. The normalized spacial score (nSPS) is 13.3. The number of halogens is 6. The molecule has 6 nitrogen and oxygen atoms in total. The lowest BCUT2D eigenvalue weighted by molar-refractivity contribution is -0.143. The molecule has 1 aromatic heterocycles. The van der Waals surface area contributed by atoms with Crippen molar-refractivity contribution in [3.05, 3.63) is 81.0 Å². The van der Waals surface area contributed by atoms with Crippen LogP contribution in [0, 0.1) is 0 Å². The van der Waals surface area contributed by atoms with E-state index in [9.17, 15) is 31.1 Å². The maximum atomic E-state index is 13.1. The minimum atomic E-state index is -4.93. The minimum Gasteiger partial charge on any atom is -0.489 e. The Balaban J connectivity index is 1.84. The highest BCUT2D eigenvalue weighted by atomic mass is 19.4. The fourth-order valence-corrected chi connectivity index (χ4v) is 3.51. The van der Waals surface area contributed by atoms with Crippen molar-refractivity contribution < 1.29 is 31.1 Å². The van der Waals surface area contributed by atoms with Gasteiger partial charge in [0.25, 0.3) is 0 Å². The van der Waals surface area contributed by atoms with E-state index in [-0.39, 0.29) is 17.7 Å². The molecule has 0 aliphatic heterocycles. The molecule has 12 heteroatoms.